The summed E-state index contributed by atoms with van der Waals surface area (Å²) in [6.07, 6.45) is 3.10. The van der Waals surface area contributed by atoms with Gasteiger partial charge in [-0.2, -0.15) is 4.98 Å². The van der Waals surface area contributed by atoms with Crippen molar-refractivity contribution in [2.75, 3.05) is 26.7 Å². The smallest absolute Gasteiger partial charge is 0.227 e. The van der Waals surface area contributed by atoms with Crippen molar-refractivity contribution in [1.82, 2.24) is 20.4 Å². The molecule has 124 valence electrons. The van der Waals surface area contributed by atoms with Crippen molar-refractivity contribution in [3.05, 3.63) is 23.4 Å². The number of thiophene rings is 1. The first-order chi connectivity index (χ1) is 11.3. The van der Waals surface area contributed by atoms with E-state index in [2.05, 4.69) is 15.5 Å². The van der Waals surface area contributed by atoms with Gasteiger partial charge in [-0.05, 0) is 43.8 Å². The van der Waals surface area contributed by atoms with E-state index in [9.17, 15) is 4.79 Å². The Labute approximate surface area is 139 Å². The van der Waals surface area contributed by atoms with Gasteiger partial charge in [0.05, 0.1) is 4.88 Å². The van der Waals surface area contributed by atoms with Crippen LogP contribution < -0.4 is 5.32 Å². The van der Waals surface area contributed by atoms with Crippen molar-refractivity contribution in [2.24, 2.45) is 5.92 Å². The van der Waals surface area contributed by atoms with Crippen LogP contribution in [0.15, 0.2) is 22.0 Å². The van der Waals surface area contributed by atoms with Crippen LogP contribution in [0.5, 0.6) is 0 Å². The van der Waals surface area contributed by atoms with Crippen LogP contribution in [0.1, 0.15) is 25.2 Å². The number of rotatable bonds is 6. The predicted octanol–water partition coefficient (Wildman–Crippen LogP) is 2.19. The van der Waals surface area contributed by atoms with Gasteiger partial charge < -0.3 is 14.7 Å². The van der Waals surface area contributed by atoms with Crippen molar-refractivity contribution < 1.29 is 9.32 Å². The summed E-state index contributed by atoms with van der Waals surface area (Å²) in [6, 6.07) is 3.91. The molecular formula is C16H22N4O2S. The lowest BCUT2D eigenvalue weighted by molar-refractivity contribution is -0.132. The van der Waals surface area contributed by atoms with E-state index >= 15 is 0 Å². The second kappa shape index (κ2) is 7.70. The van der Waals surface area contributed by atoms with Gasteiger partial charge in [0, 0.05) is 25.9 Å². The average molecular weight is 334 g/mol. The Morgan fingerprint density at radius 3 is 3.00 bits per heavy atom. The maximum atomic E-state index is 12.3. The zero-order chi connectivity index (χ0) is 16.1. The second-order valence-corrected chi connectivity index (χ2v) is 6.82. The van der Waals surface area contributed by atoms with E-state index in [1.807, 2.05) is 29.5 Å². The molecule has 1 aliphatic heterocycles. The molecule has 0 saturated carbocycles. The first kappa shape index (κ1) is 16.1. The van der Waals surface area contributed by atoms with Crippen LogP contribution in [-0.2, 0) is 11.2 Å². The lowest BCUT2D eigenvalue weighted by Crippen LogP contribution is -2.40. The minimum atomic E-state index is 0.184. The summed E-state index contributed by atoms with van der Waals surface area (Å²) < 4.78 is 5.24. The molecule has 1 amide bonds. The quantitative estimate of drug-likeness (QED) is 0.877. The molecule has 0 atom stereocenters. The molecule has 1 N–H and O–H groups in total. The van der Waals surface area contributed by atoms with E-state index in [1.165, 1.54) is 0 Å². The number of hydrogen-bond acceptors (Lipinski definition) is 6. The van der Waals surface area contributed by atoms with Gasteiger partial charge in [0.15, 0.2) is 0 Å². The zero-order valence-electron chi connectivity index (χ0n) is 13.3. The van der Waals surface area contributed by atoms with Crippen LogP contribution in [0.3, 0.4) is 0 Å². The number of aromatic nitrogens is 2. The molecule has 0 aliphatic carbocycles. The molecule has 1 fully saturated rings. The Kier molecular flexibility index (Phi) is 5.40. The molecule has 0 spiro atoms. The molecule has 0 bridgehead atoms. The molecule has 3 heterocycles. The van der Waals surface area contributed by atoms with E-state index in [0.717, 1.165) is 37.4 Å². The van der Waals surface area contributed by atoms with Crippen LogP contribution in [-0.4, -0.2) is 47.6 Å². The summed E-state index contributed by atoms with van der Waals surface area (Å²) in [7, 11) is 1.98. The van der Waals surface area contributed by atoms with Crippen molar-refractivity contribution in [1.29, 1.82) is 0 Å². The summed E-state index contributed by atoms with van der Waals surface area (Å²) >= 11 is 1.58. The Hall–Kier alpha value is -1.73. The maximum Gasteiger partial charge on any atom is 0.227 e. The highest BCUT2D eigenvalue weighted by Crippen LogP contribution is 2.22. The number of likely N-dealkylation sites (tertiary alicyclic amines) is 1. The first-order valence-electron chi connectivity index (χ1n) is 8.05. The van der Waals surface area contributed by atoms with Crippen molar-refractivity contribution in [2.45, 2.75) is 25.7 Å². The molecule has 23 heavy (non-hydrogen) atoms. The number of piperidine rings is 1. The molecule has 3 rings (SSSR count). The van der Waals surface area contributed by atoms with E-state index in [0.29, 0.717) is 30.5 Å². The Morgan fingerprint density at radius 2 is 2.30 bits per heavy atom. The van der Waals surface area contributed by atoms with Crippen molar-refractivity contribution in [3.8, 4) is 10.7 Å². The molecule has 1 aliphatic rings. The van der Waals surface area contributed by atoms with Crippen LogP contribution in [0, 0.1) is 5.92 Å². The second-order valence-electron chi connectivity index (χ2n) is 5.87. The number of carbonyl (C=O) groups excluding carboxylic acids is 1. The van der Waals surface area contributed by atoms with E-state index < -0.39 is 0 Å². The van der Waals surface area contributed by atoms with Crippen molar-refractivity contribution in [3.63, 3.8) is 0 Å². The van der Waals surface area contributed by atoms with Gasteiger partial charge in [-0.15, -0.1) is 11.3 Å². The van der Waals surface area contributed by atoms with Gasteiger partial charge in [-0.3, -0.25) is 4.79 Å². The fraction of sp³-hybridized carbons (Fsp3) is 0.562. The van der Waals surface area contributed by atoms with Gasteiger partial charge in [-0.25, -0.2) is 0 Å². The fourth-order valence-corrected chi connectivity index (χ4v) is 3.56. The topological polar surface area (TPSA) is 71.3 Å². The van der Waals surface area contributed by atoms with E-state index in [1.54, 1.807) is 11.3 Å². The number of amides is 1. The normalized spacial score (nSPS) is 16.0. The molecule has 2 aromatic rings. The molecule has 0 aromatic carbocycles. The third-order valence-corrected chi connectivity index (χ3v) is 5.09. The Balaban J connectivity index is 1.46. The molecule has 7 heteroatoms. The number of nitrogens with one attached hydrogen (secondary N) is 1. The summed E-state index contributed by atoms with van der Waals surface area (Å²) in [5, 5.41) is 9.16. The molecule has 0 radical (unpaired) electrons. The minimum absolute atomic E-state index is 0.184. The van der Waals surface area contributed by atoms with Gasteiger partial charge >= 0.3 is 0 Å². The standard InChI is InChI=1S/C16H22N4O2S/c1-17-11-12-6-8-20(9-7-12)15(21)5-4-14-18-16(19-22-14)13-3-2-10-23-13/h2-3,10,12,17H,4-9,11H2,1H3. The SMILES string of the molecule is CNCC1CCN(C(=O)CCc2nc(-c3cccs3)no2)CC1. The summed E-state index contributed by atoms with van der Waals surface area (Å²) in [5.74, 6) is 2.01. The lowest BCUT2D eigenvalue weighted by atomic mass is 9.96. The van der Waals surface area contributed by atoms with Gasteiger partial charge in [0.1, 0.15) is 0 Å². The van der Waals surface area contributed by atoms with Crippen molar-refractivity contribution >= 4 is 17.2 Å². The summed E-state index contributed by atoms with van der Waals surface area (Å²) in [6.45, 7) is 2.75. The summed E-state index contributed by atoms with van der Waals surface area (Å²) in [4.78, 5) is 19.6. The number of carbonyl (C=O) groups is 1. The zero-order valence-corrected chi connectivity index (χ0v) is 14.1. The largest absolute Gasteiger partial charge is 0.343 e. The third-order valence-electron chi connectivity index (χ3n) is 4.22. The monoisotopic (exact) mass is 334 g/mol. The highest BCUT2D eigenvalue weighted by Gasteiger charge is 2.22. The van der Waals surface area contributed by atoms with Crippen LogP contribution in [0.4, 0.5) is 0 Å². The first-order valence-corrected chi connectivity index (χ1v) is 8.93. The van der Waals surface area contributed by atoms with Gasteiger partial charge in [-0.1, -0.05) is 11.2 Å². The predicted molar refractivity (Wildman–Crippen MR) is 89.2 cm³/mol. The van der Waals surface area contributed by atoms with Gasteiger partial charge in [0.2, 0.25) is 17.6 Å². The molecular weight excluding hydrogens is 312 g/mol. The van der Waals surface area contributed by atoms with E-state index in [-0.39, 0.29) is 5.91 Å². The lowest BCUT2D eigenvalue weighted by Gasteiger charge is -2.31. The Bertz CT molecular complexity index is 618. The number of hydrogen-bond donors (Lipinski definition) is 1. The molecule has 6 nitrogen and oxygen atoms in total. The van der Waals surface area contributed by atoms with Crippen LogP contribution >= 0.6 is 11.3 Å². The molecule has 2 aromatic heterocycles. The average Bonchev–Trinajstić information content (AvgIpc) is 3.25. The van der Waals surface area contributed by atoms with Crippen LogP contribution in [0.2, 0.25) is 0 Å². The molecule has 1 saturated heterocycles. The fourth-order valence-electron chi connectivity index (χ4n) is 2.91. The third kappa shape index (κ3) is 4.17. The highest BCUT2D eigenvalue weighted by atomic mass is 32.1. The highest BCUT2D eigenvalue weighted by molar-refractivity contribution is 7.13. The van der Waals surface area contributed by atoms with Gasteiger partial charge in [0.25, 0.3) is 0 Å². The van der Waals surface area contributed by atoms with E-state index in [4.69, 9.17) is 4.52 Å². The minimum Gasteiger partial charge on any atom is -0.343 e. The molecule has 0 unspecified atom stereocenters. The maximum absolute atomic E-state index is 12.3. The number of nitrogens with zero attached hydrogens (tertiary/aromatic N) is 3. The number of aryl methyl sites for hydroxylation is 1. The Morgan fingerprint density at radius 1 is 1.48 bits per heavy atom. The summed E-state index contributed by atoms with van der Waals surface area (Å²) in [5.41, 5.74) is 0. The van der Waals surface area contributed by atoms with Crippen LogP contribution in [0.25, 0.3) is 10.7 Å².